The van der Waals surface area contributed by atoms with Crippen LogP contribution in [0.5, 0.6) is 0 Å². The topological polar surface area (TPSA) is 93.1 Å². The molecule has 4 fully saturated rings. The van der Waals surface area contributed by atoms with Gasteiger partial charge in [0.1, 0.15) is 0 Å². The molecule has 0 aliphatic heterocycles. The van der Waals surface area contributed by atoms with E-state index < -0.39 is 10.0 Å². The molecule has 0 atom stereocenters. The van der Waals surface area contributed by atoms with Gasteiger partial charge in [-0.05, 0) is 96.5 Å². The number of anilines is 1. The van der Waals surface area contributed by atoms with E-state index in [4.69, 9.17) is 0 Å². The molecule has 4 aliphatic rings. The minimum atomic E-state index is -3.61. The smallest absolute Gasteiger partial charge is 0.277 e. The molecule has 0 unspecified atom stereocenters. The molecule has 1 heterocycles. The van der Waals surface area contributed by atoms with Gasteiger partial charge in [-0.2, -0.15) is 5.10 Å². The van der Waals surface area contributed by atoms with Crippen LogP contribution in [0.25, 0.3) is 0 Å². The zero-order valence-electron chi connectivity index (χ0n) is 16.8. The number of halogens is 1. The Hall–Kier alpha value is -1.71. The van der Waals surface area contributed by atoms with Gasteiger partial charge in [-0.15, -0.1) is 0 Å². The number of sulfonamides is 1. The molecule has 1 aromatic carbocycles. The van der Waals surface area contributed by atoms with Gasteiger partial charge in [-0.3, -0.25) is 9.48 Å². The van der Waals surface area contributed by atoms with Crippen molar-refractivity contribution in [3.63, 3.8) is 0 Å². The van der Waals surface area contributed by atoms with Crippen LogP contribution in [0, 0.1) is 17.8 Å². The van der Waals surface area contributed by atoms with Gasteiger partial charge in [0.2, 0.25) is 10.0 Å². The quantitative estimate of drug-likeness (QED) is 0.665. The van der Waals surface area contributed by atoms with Gasteiger partial charge in [0.25, 0.3) is 5.91 Å². The van der Waals surface area contributed by atoms with Crippen LogP contribution >= 0.6 is 15.9 Å². The van der Waals surface area contributed by atoms with Gasteiger partial charge in [0.05, 0.1) is 9.37 Å². The minimum absolute atomic E-state index is 0.232. The zero-order valence-corrected chi connectivity index (χ0v) is 19.2. The fourth-order valence-corrected chi connectivity index (χ4v) is 8.09. The summed E-state index contributed by atoms with van der Waals surface area (Å²) in [6.07, 6.45) is 8.38. The van der Waals surface area contributed by atoms with Crippen LogP contribution in [0.4, 0.5) is 5.69 Å². The highest BCUT2D eigenvalue weighted by Gasteiger charge is 2.52. The Morgan fingerprint density at radius 1 is 1.10 bits per heavy atom. The summed E-state index contributed by atoms with van der Waals surface area (Å²) in [6.45, 7) is 0. The van der Waals surface area contributed by atoms with E-state index >= 15 is 0 Å². The molecule has 9 heteroatoms. The number of amides is 1. The number of rotatable bonds is 5. The molecule has 4 bridgehead atoms. The van der Waals surface area contributed by atoms with E-state index in [-0.39, 0.29) is 22.0 Å². The van der Waals surface area contributed by atoms with Gasteiger partial charge < -0.3 is 5.32 Å². The molecule has 6 rings (SSSR count). The van der Waals surface area contributed by atoms with Crippen LogP contribution in [0.15, 0.2) is 39.8 Å². The molecule has 4 saturated carbocycles. The maximum absolute atomic E-state index is 13.1. The summed E-state index contributed by atoms with van der Waals surface area (Å²) in [5.74, 6) is 1.65. The molecule has 1 aromatic heterocycles. The van der Waals surface area contributed by atoms with Crippen molar-refractivity contribution >= 4 is 37.5 Å². The second-order valence-electron chi connectivity index (χ2n) is 9.28. The van der Waals surface area contributed by atoms with E-state index in [1.54, 1.807) is 42.2 Å². The number of aryl methyl sites for hydroxylation is 1. The molecule has 7 nitrogen and oxygen atoms in total. The van der Waals surface area contributed by atoms with Crippen LogP contribution in [-0.2, 0) is 17.1 Å². The fourth-order valence-electron chi connectivity index (χ4n) is 6.10. The molecule has 160 valence electrons. The van der Waals surface area contributed by atoms with Crippen molar-refractivity contribution in [1.82, 2.24) is 14.5 Å². The Kier molecular flexibility index (Phi) is 4.83. The summed E-state index contributed by atoms with van der Waals surface area (Å²) >= 11 is 3.31. The second kappa shape index (κ2) is 7.17. The number of benzene rings is 1. The number of carbonyl (C=O) groups is 1. The highest BCUT2D eigenvalue weighted by molar-refractivity contribution is 9.10. The zero-order chi connectivity index (χ0) is 21.1. The number of hydrogen-bond donors (Lipinski definition) is 2. The van der Waals surface area contributed by atoms with Gasteiger partial charge in [-0.25, -0.2) is 13.1 Å². The number of nitrogens with one attached hydrogen (secondary N) is 2. The SMILES string of the molecule is Cn1cc(Br)c(C(=O)Nc2ccc(S(=O)(=O)NC34CC5CC(CC(C5)C3)C4)cc2)n1. The lowest BCUT2D eigenvalue weighted by Gasteiger charge is -2.56. The van der Waals surface area contributed by atoms with Crippen molar-refractivity contribution in [2.45, 2.75) is 49.0 Å². The summed E-state index contributed by atoms with van der Waals surface area (Å²) in [5, 5.41) is 6.88. The van der Waals surface area contributed by atoms with E-state index in [0.717, 1.165) is 19.3 Å². The highest BCUT2D eigenvalue weighted by Crippen LogP contribution is 2.55. The van der Waals surface area contributed by atoms with Crippen molar-refractivity contribution in [3.8, 4) is 0 Å². The van der Waals surface area contributed by atoms with Crippen molar-refractivity contribution < 1.29 is 13.2 Å². The Morgan fingerprint density at radius 2 is 1.67 bits per heavy atom. The number of nitrogens with zero attached hydrogens (tertiary/aromatic N) is 2. The molecule has 4 aliphatic carbocycles. The maximum atomic E-state index is 13.1. The van der Waals surface area contributed by atoms with Crippen LogP contribution in [0.1, 0.15) is 49.0 Å². The summed E-state index contributed by atoms with van der Waals surface area (Å²) in [4.78, 5) is 12.6. The lowest BCUT2D eigenvalue weighted by Crippen LogP contribution is -2.59. The van der Waals surface area contributed by atoms with Crippen molar-refractivity contribution in [2.24, 2.45) is 24.8 Å². The van der Waals surface area contributed by atoms with E-state index in [0.29, 0.717) is 27.9 Å². The van der Waals surface area contributed by atoms with E-state index in [1.165, 1.54) is 19.3 Å². The lowest BCUT2D eigenvalue weighted by atomic mass is 9.53. The molecule has 2 N–H and O–H groups in total. The third-order valence-corrected chi connectivity index (χ3v) is 8.99. The standard InChI is InChI=1S/C21H25BrN4O3S/c1-26-12-18(22)19(24-26)20(27)23-16-2-4-17(5-3-16)30(28,29)25-21-9-13-6-14(10-21)8-15(7-13)11-21/h2-5,12-15,25H,6-11H2,1H3,(H,23,27). The van der Waals surface area contributed by atoms with Gasteiger partial charge in [0.15, 0.2) is 5.69 Å². The minimum Gasteiger partial charge on any atom is -0.321 e. The first-order valence-corrected chi connectivity index (χ1v) is 12.6. The number of carbonyl (C=O) groups excluding carboxylic acids is 1. The molecule has 0 radical (unpaired) electrons. The first-order valence-electron chi connectivity index (χ1n) is 10.4. The van der Waals surface area contributed by atoms with Gasteiger partial charge >= 0.3 is 0 Å². The number of hydrogen-bond acceptors (Lipinski definition) is 4. The average molecular weight is 493 g/mol. The van der Waals surface area contributed by atoms with E-state index in [1.807, 2.05) is 0 Å². The molecular formula is C21H25BrN4O3S. The molecule has 2 aromatic rings. The van der Waals surface area contributed by atoms with Gasteiger partial charge in [0, 0.05) is 24.5 Å². The van der Waals surface area contributed by atoms with E-state index in [2.05, 4.69) is 31.1 Å². The molecule has 1 amide bonds. The van der Waals surface area contributed by atoms with Crippen LogP contribution in [0.3, 0.4) is 0 Å². The van der Waals surface area contributed by atoms with Crippen LogP contribution in [0.2, 0.25) is 0 Å². The summed E-state index contributed by atoms with van der Waals surface area (Å²) < 4.78 is 31.4. The van der Waals surface area contributed by atoms with Crippen molar-refractivity contribution in [2.75, 3.05) is 5.32 Å². The molecule has 30 heavy (non-hydrogen) atoms. The monoisotopic (exact) mass is 492 g/mol. The first kappa shape index (κ1) is 20.2. The van der Waals surface area contributed by atoms with Crippen molar-refractivity contribution in [1.29, 1.82) is 0 Å². The second-order valence-corrected chi connectivity index (χ2v) is 11.8. The number of aromatic nitrogens is 2. The average Bonchev–Trinajstić information content (AvgIpc) is 2.98. The Bertz CT molecular complexity index is 1060. The highest BCUT2D eigenvalue weighted by atomic mass is 79.9. The van der Waals surface area contributed by atoms with E-state index in [9.17, 15) is 13.2 Å². The third-order valence-electron chi connectivity index (χ3n) is 6.81. The normalized spacial score (nSPS) is 29.9. The fraction of sp³-hybridized carbons (Fsp3) is 0.524. The molecule has 0 spiro atoms. The predicted molar refractivity (Wildman–Crippen MR) is 117 cm³/mol. The van der Waals surface area contributed by atoms with Gasteiger partial charge in [-0.1, -0.05) is 0 Å². The molecule has 0 saturated heterocycles. The Labute approximate surface area is 184 Å². The summed E-state index contributed by atoms with van der Waals surface area (Å²) in [6, 6.07) is 6.32. The predicted octanol–water partition coefficient (Wildman–Crippen LogP) is 3.68. The Morgan fingerprint density at radius 3 is 2.17 bits per heavy atom. The Balaban J connectivity index is 1.30. The van der Waals surface area contributed by atoms with Crippen LogP contribution < -0.4 is 10.0 Å². The van der Waals surface area contributed by atoms with Crippen molar-refractivity contribution in [3.05, 3.63) is 40.6 Å². The lowest BCUT2D eigenvalue weighted by molar-refractivity contribution is -0.00810. The summed E-state index contributed by atoms with van der Waals surface area (Å²) in [5.41, 5.74) is 0.523. The largest absolute Gasteiger partial charge is 0.321 e. The third kappa shape index (κ3) is 3.71. The summed E-state index contributed by atoms with van der Waals surface area (Å²) in [7, 11) is -1.88. The maximum Gasteiger partial charge on any atom is 0.277 e. The first-order chi connectivity index (χ1) is 14.2. The molecular weight excluding hydrogens is 468 g/mol. The van der Waals surface area contributed by atoms with Crippen LogP contribution in [-0.4, -0.2) is 29.6 Å².